The largest absolute Gasteiger partial charge is 0.445 e. The van der Waals surface area contributed by atoms with Crippen LogP contribution in [0.3, 0.4) is 0 Å². The number of rotatable bonds is 6. The van der Waals surface area contributed by atoms with E-state index in [4.69, 9.17) is 16.3 Å². The van der Waals surface area contributed by atoms with Crippen LogP contribution >= 0.6 is 11.6 Å². The number of hydrogen-bond acceptors (Lipinski definition) is 5. The monoisotopic (exact) mass is 563 g/mol. The average molecular weight is 564 g/mol. The van der Waals surface area contributed by atoms with Gasteiger partial charge in [-0.2, -0.15) is 13.2 Å². The number of carbonyl (C=O) groups is 4. The molecule has 40 heavy (non-hydrogen) atoms. The standard InChI is InChI=1S/C30H17ClF3NO5/c31-20-13-10-18(11-14-20)26(25(36)17-6-2-1-3-7-17)40-29(39)19-12-15-21-22(16-19)28(38)35(27(21)37)24-9-5-4-8-23(24)30(32,33)34/h1-16,26H/t26-/m1/s1. The van der Waals surface area contributed by atoms with Gasteiger partial charge in [0.15, 0.2) is 6.10 Å². The molecule has 0 unspecified atom stereocenters. The zero-order valence-electron chi connectivity index (χ0n) is 20.3. The Bertz CT molecular complexity index is 1650. The highest BCUT2D eigenvalue weighted by Gasteiger charge is 2.42. The molecule has 6 nitrogen and oxygen atoms in total. The highest BCUT2D eigenvalue weighted by molar-refractivity contribution is 6.35. The summed E-state index contributed by atoms with van der Waals surface area (Å²) in [5, 5.41) is 0.402. The van der Waals surface area contributed by atoms with Gasteiger partial charge in [-0.25, -0.2) is 9.69 Å². The number of esters is 1. The summed E-state index contributed by atoms with van der Waals surface area (Å²) in [7, 11) is 0. The zero-order valence-corrected chi connectivity index (χ0v) is 21.1. The van der Waals surface area contributed by atoms with Crippen molar-refractivity contribution in [2.24, 2.45) is 0 Å². The van der Waals surface area contributed by atoms with E-state index in [9.17, 15) is 32.3 Å². The number of carbonyl (C=O) groups excluding carboxylic acids is 4. The Labute approximate surface area is 230 Å². The molecule has 1 heterocycles. The van der Waals surface area contributed by atoms with Gasteiger partial charge in [0.1, 0.15) is 0 Å². The molecule has 0 aliphatic carbocycles. The topological polar surface area (TPSA) is 80.8 Å². The second-order valence-electron chi connectivity index (χ2n) is 8.79. The molecule has 0 saturated heterocycles. The molecule has 5 rings (SSSR count). The van der Waals surface area contributed by atoms with E-state index in [2.05, 4.69) is 0 Å². The highest BCUT2D eigenvalue weighted by atomic mass is 35.5. The SMILES string of the molecule is O=C(O[C@@H](C(=O)c1ccccc1)c1ccc(Cl)cc1)c1ccc2c(c1)C(=O)N(c1ccccc1C(F)(F)F)C2=O. The molecule has 0 saturated carbocycles. The average Bonchev–Trinajstić information content (AvgIpc) is 3.20. The van der Waals surface area contributed by atoms with Gasteiger partial charge in [-0.05, 0) is 42.5 Å². The van der Waals surface area contributed by atoms with Crippen LogP contribution in [0.25, 0.3) is 0 Å². The van der Waals surface area contributed by atoms with Crippen LogP contribution in [-0.4, -0.2) is 23.6 Å². The van der Waals surface area contributed by atoms with Gasteiger partial charge in [0, 0.05) is 16.1 Å². The third-order valence-corrected chi connectivity index (χ3v) is 6.52. The Hall–Kier alpha value is -4.76. The summed E-state index contributed by atoms with van der Waals surface area (Å²) in [6.45, 7) is 0. The first-order valence-corrected chi connectivity index (χ1v) is 12.2. The highest BCUT2D eigenvalue weighted by Crippen LogP contribution is 2.39. The maximum absolute atomic E-state index is 13.6. The molecule has 1 aliphatic rings. The summed E-state index contributed by atoms with van der Waals surface area (Å²) in [4.78, 5) is 53.0. The molecule has 0 radical (unpaired) electrons. The minimum atomic E-state index is -4.82. The minimum Gasteiger partial charge on any atom is -0.445 e. The van der Waals surface area contributed by atoms with Crippen molar-refractivity contribution in [2.75, 3.05) is 4.90 Å². The summed E-state index contributed by atoms with van der Waals surface area (Å²) in [5.74, 6) is -3.49. The summed E-state index contributed by atoms with van der Waals surface area (Å²) in [6, 6.07) is 21.9. The molecule has 0 bridgehead atoms. The summed E-state index contributed by atoms with van der Waals surface area (Å²) >= 11 is 5.97. The molecular weight excluding hydrogens is 547 g/mol. The smallest absolute Gasteiger partial charge is 0.418 e. The number of ether oxygens (including phenoxy) is 1. The quantitative estimate of drug-likeness (QED) is 0.144. The van der Waals surface area contributed by atoms with Gasteiger partial charge < -0.3 is 4.74 Å². The molecular formula is C30H17ClF3NO5. The maximum atomic E-state index is 13.6. The van der Waals surface area contributed by atoms with Crippen LogP contribution < -0.4 is 4.90 Å². The summed E-state index contributed by atoms with van der Waals surface area (Å²) in [6.07, 6.45) is -6.18. The fourth-order valence-electron chi connectivity index (χ4n) is 4.33. The fourth-order valence-corrected chi connectivity index (χ4v) is 4.46. The lowest BCUT2D eigenvalue weighted by molar-refractivity contribution is -0.137. The number of para-hydroxylation sites is 1. The second-order valence-corrected chi connectivity index (χ2v) is 9.22. The van der Waals surface area contributed by atoms with E-state index in [0.717, 1.165) is 24.3 Å². The Balaban J connectivity index is 1.47. The van der Waals surface area contributed by atoms with Crippen LogP contribution in [0.4, 0.5) is 18.9 Å². The Morgan fingerprint density at radius 2 is 1.38 bits per heavy atom. The molecule has 10 heteroatoms. The van der Waals surface area contributed by atoms with Crippen LogP contribution in [0, 0.1) is 0 Å². The number of alkyl halides is 3. The van der Waals surface area contributed by atoms with E-state index < -0.39 is 47.1 Å². The molecule has 1 aliphatic heterocycles. The predicted molar refractivity (Wildman–Crippen MR) is 139 cm³/mol. The van der Waals surface area contributed by atoms with Crippen molar-refractivity contribution in [1.82, 2.24) is 0 Å². The number of imide groups is 1. The number of nitrogens with zero attached hydrogens (tertiary/aromatic N) is 1. The number of halogens is 4. The van der Waals surface area contributed by atoms with E-state index in [-0.39, 0.29) is 22.3 Å². The third kappa shape index (κ3) is 4.99. The van der Waals surface area contributed by atoms with E-state index in [1.54, 1.807) is 30.3 Å². The Kier molecular flexibility index (Phi) is 6.99. The molecule has 200 valence electrons. The first kappa shape index (κ1) is 26.8. The van der Waals surface area contributed by atoms with Gasteiger partial charge in [0.25, 0.3) is 11.8 Å². The van der Waals surface area contributed by atoms with Crippen molar-refractivity contribution in [3.63, 3.8) is 0 Å². The first-order chi connectivity index (χ1) is 19.1. The molecule has 1 atom stereocenters. The first-order valence-electron chi connectivity index (χ1n) is 11.8. The van der Waals surface area contributed by atoms with Gasteiger partial charge in [0.2, 0.25) is 5.78 Å². The Morgan fingerprint density at radius 3 is 2.05 bits per heavy atom. The van der Waals surface area contributed by atoms with Crippen molar-refractivity contribution in [3.05, 3.63) is 135 Å². The predicted octanol–water partition coefficient (Wildman–Crippen LogP) is 6.94. The zero-order chi connectivity index (χ0) is 28.6. The number of hydrogen-bond donors (Lipinski definition) is 0. The van der Waals surface area contributed by atoms with Crippen molar-refractivity contribution >= 4 is 40.9 Å². The third-order valence-electron chi connectivity index (χ3n) is 6.27. The van der Waals surface area contributed by atoms with Gasteiger partial charge >= 0.3 is 12.1 Å². The van der Waals surface area contributed by atoms with Gasteiger partial charge in [0.05, 0.1) is 27.9 Å². The number of ketones is 1. The number of Topliss-reactive ketones (excluding diaryl/α,β-unsaturated/α-hetero) is 1. The van der Waals surface area contributed by atoms with Crippen molar-refractivity contribution in [1.29, 1.82) is 0 Å². The number of fused-ring (bicyclic) bond motifs is 1. The molecule has 0 aromatic heterocycles. The number of benzene rings is 4. The van der Waals surface area contributed by atoms with Gasteiger partial charge in [-0.15, -0.1) is 0 Å². The number of amides is 2. The molecule has 0 fully saturated rings. The van der Waals surface area contributed by atoms with Crippen molar-refractivity contribution in [3.8, 4) is 0 Å². The lowest BCUT2D eigenvalue weighted by atomic mass is 9.99. The molecule has 4 aromatic rings. The lowest BCUT2D eigenvalue weighted by Crippen LogP contribution is -2.31. The minimum absolute atomic E-state index is 0.173. The van der Waals surface area contributed by atoms with Crippen LogP contribution in [0.5, 0.6) is 0 Å². The fraction of sp³-hybridized carbons (Fsp3) is 0.0667. The van der Waals surface area contributed by atoms with Gasteiger partial charge in [-0.3, -0.25) is 14.4 Å². The normalized spacial score (nSPS) is 13.7. The lowest BCUT2D eigenvalue weighted by Gasteiger charge is -2.19. The Morgan fingerprint density at radius 1 is 0.750 bits per heavy atom. The van der Waals surface area contributed by atoms with Crippen molar-refractivity contribution < 1.29 is 37.1 Å². The van der Waals surface area contributed by atoms with E-state index in [1.807, 2.05) is 0 Å². The van der Waals surface area contributed by atoms with E-state index in [1.165, 1.54) is 42.5 Å². The number of anilines is 1. The summed E-state index contributed by atoms with van der Waals surface area (Å²) in [5.41, 5.74) is -1.78. The molecule has 0 spiro atoms. The summed E-state index contributed by atoms with van der Waals surface area (Å²) < 4.78 is 46.3. The van der Waals surface area contributed by atoms with Crippen LogP contribution in [0.2, 0.25) is 5.02 Å². The van der Waals surface area contributed by atoms with E-state index in [0.29, 0.717) is 15.5 Å². The van der Waals surface area contributed by atoms with Crippen molar-refractivity contribution in [2.45, 2.75) is 12.3 Å². The molecule has 4 aromatic carbocycles. The van der Waals surface area contributed by atoms with Crippen LogP contribution in [0.15, 0.2) is 97.1 Å². The van der Waals surface area contributed by atoms with E-state index >= 15 is 0 Å². The molecule has 2 amide bonds. The van der Waals surface area contributed by atoms with Gasteiger partial charge in [-0.1, -0.05) is 66.2 Å². The second kappa shape index (κ2) is 10.4. The van der Waals surface area contributed by atoms with Crippen LogP contribution in [-0.2, 0) is 10.9 Å². The van der Waals surface area contributed by atoms with Crippen LogP contribution in [0.1, 0.15) is 58.7 Å². The maximum Gasteiger partial charge on any atom is 0.418 e. The molecule has 0 N–H and O–H groups in total.